The Morgan fingerprint density at radius 2 is 1.88 bits per heavy atom. The zero-order valence-electron chi connectivity index (χ0n) is 11.2. The van der Waals surface area contributed by atoms with E-state index < -0.39 is 0 Å². The van der Waals surface area contributed by atoms with Crippen molar-refractivity contribution in [2.45, 2.75) is 75.1 Å². The molecule has 0 aromatic carbocycles. The number of alkyl halides is 1. The van der Waals surface area contributed by atoms with E-state index in [2.05, 4.69) is 29.5 Å². The van der Waals surface area contributed by atoms with Crippen LogP contribution in [0.25, 0.3) is 0 Å². The molecule has 1 saturated heterocycles. The minimum Gasteiger partial charge on any atom is -0.348 e. The van der Waals surface area contributed by atoms with Gasteiger partial charge in [-0.1, -0.05) is 55.2 Å². The molecule has 0 aliphatic carbocycles. The summed E-state index contributed by atoms with van der Waals surface area (Å²) in [7, 11) is 0. The number of ether oxygens (including phenoxy) is 1. The van der Waals surface area contributed by atoms with Crippen molar-refractivity contribution in [3.63, 3.8) is 0 Å². The van der Waals surface area contributed by atoms with E-state index in [0.717, 1.165) is 12.8 Å². The van der Waals surface area contributed by atoms with E-state index in [1.54, 1.807) is 0 Å². The van der Waals surface area contributed by atoms with Gasteiger partial charge in [0.05, 0.1) is 10.5 Å². The van der Waals surface area contributed by atoms with Crippen LogP contribution in [0.2, 0.25) is 0 Å². The number of hydrogen-bond acceptors (Lipinski definition) is 3. The van der Waals surface area contributed by atoms with Crippen molar-refractivity contribution in [1.82, 2.24) is 0 Å². The Kier molecular flexibility index (Phi) is 7.30. The first-order chi connectivity index (χ1) is 8.06. The lowest BCUT2D eigenvalue weighted by Gasteiger charge is -2.24. The summed E-state index contributed by atoms with van der Waals surface area (Å²) in [5.74, 6) is 0. The maximum absolute atomic E-state index is 5.70. The van der Waals surface area contributed by atoms with Gasteiger partial charge in [-0.15, -0.1) is 0 Å². The average Bonchev–Trinajstić information content (AvgIpc) is 2.41. The molecule has 0 amide bonds. The van der Waals surface area contributed by atoms with E-state index in [4.69, 9.17) is 14.5 Å². The quantitative estimate of drug-likeness (QED) is 0.308. The van der Waals surface area contributed by atoms with Crippen molar-refractivity contribution in [3.8, 4) is 0 Å². The smallest absolute Gasteiger partial charge is 0.191 e. The highest BCUT2D eigenvalue weighted by Gasteiger charge is 2.34. The molecule has 17 heavy (non-hydrogen) atoms. The molecule has 1 aliphatic rings. The van der Waals surface area contributed by atoms with Crippen LogP contribution in [0, 0.1) is 0 Å². The molecular formula is C13H25IO3. The molecule has 0 aromatic rings. The molecule has 3 nitrogen and oxygen atoms in total. The van der Waals surface area contributed by atoms with Crippen molar-refractivity contribution in [2.75, 3.05) is 6.61 Å². The molecule has 1 rings (SSSR count). The topological polar surface area (TPSA) is 27.7 Å². The van der Waals surface area contributed by atoms with Gasteiger partial charge in [-0.05, 0) is 20.3 Å². The SMILES string of the molecule is CCCCCCCC1OCC(I)C(C)(C)OO1. The van der Waals surface area contributed by atoms with Gasteiger partial charge in [-0.2, -0.15) is 0 Å². The zero-order chi connectivity index (χ0) is 12.7. The third kappa shape index (κ3) is 5.85. The van der Waals surface area contributed by atoms with Gasteiger partial charge in [0.15, 0.2) is 6.29 Å². The van der Waals surface area contributed by atoms with E-state index in [-0.39, 0.29) is 11.9 Å². The minimum absolute atomic E-state index is 0.185. The summed E-state index contributed by atoms with van der Waals surface area (Å²) in [6.45, 7) is 7.01. The molecule has 1 aliphatic heterocycles. The normalized spacial score (nSPS) is 28.9. The third-order valence-electron chi connectivity index (χ3n) is 3.10. The van der Waals surface area contributed by atoms with E-state index in [9.17, 15) is 0 Å². The first-order valence-electron chi connectivity index (χ1n) is 6.66. The van der Waals surface area contributed by atoms with Gasteiger partial charge in [-0.25, -0.2) is 9.78 Å². The molecular weight excluding hydrogens is 331 g/mol. The first-order valence-corrected chi connectivity index (χ1v) is 7.91. The molecule has 0 spiro atoms. The fourth-order valence-electron chi connectivity index (χ4n) is 1.70. The lowest BCUT2D eigenvalue weighted by Crippen LogP contribution is -2.35. The van der Waals surface area contributed by atoms with Gasteiger partial charge in [0.2, 0.25) is 0 Å². The molecule has 0 aromatic heterocycles. The van der Waals surface area contributed by atoms with Crippen molar-refractivity contribution in [2.24, 2.45) is 0 Å². The van der Waals surface area contributed by atoms with Gasteiger partial charge in [-0.3, -0.25) is 0 Å². The molecule has 0 radical (unpaired) electrons. The minimum atomic E-state index is -0.266. The number of halogens is 1. The predicted molar refractivity (Wildman–Crippen MR) is 77.2 cm³/mol. The highest BCUT2D eigenvalue weighted by atomic mass is 127. The summed E-state index contributed by atoms with van der Waals surface area (Å²) in [5, 5.41) is 0. The fourth-order valence-corrected chi connectivity index (χ4v) is 2.01. The molecule has 2 unspecified atom stereocenters. The molecule has 0 N–H and O–H groups in total. The predicted octanol–water partition coefficient (Wildman–Crippen LogP) is 4.23. The van der Waals surface area contributed by atoms with Gasteiger partial charge in [0, 0.05) is 6.42 Å². The zero-order valence-corrected chi connectivity index (χ0v) is 13.4. The van der Waals surface area contributed by atoms with Crippen molar-refractivity contribution in [1.29, 1.82) is 0 Å². The summed E-state index contributed by atoms with van der Waals surface area (Å²) in [6.07, 6.45) is 7.08. The van der Waals surface area contributed by atoms with E-state index >= 15 is 0 Å². The number of rotatable bonds is 6. The average molecular weight is 356 g/mol. The largest absolute Gasteiger partial charge is 0.348 e. The van der Waals surface area contributed by atoms with Crippen LogP contribution in [0.15, 0.2) is 0 Å². The highest BCUT2D eigenvalue weighted by molar-refractivity contribution is 14.1. The van der Waals surface area contributed by atoms with Crippen LogP contribution in [0.1, 0.15) is 59.3 Å². The van der Waals surface area contributed by atoms with Crippen LogP contribution in [0.3, 0.4) is 0 Å². The van der Waals surface area contributed by atoms with Gasteiger partial charge < -0.3 is 4.74 Å². The van der Waals surface area contributed by atoms with Gasteiger partial charge in [0.25, 0.3) is 0 Å². The van der Waals surface area contributed by atoms with E-state index in [0.29, 0.717) is 10.5 Å². The maximum atomic E-state index is 5.70. The lowest BCUT2D eigenvalue weighted by molar-refractivity contribution is -0.401. The monoisotopic (exact) mass is 356 g/mol. The maximum Gasteiger partial charge on any atom is 0.191 e. The Hall–Kier alpha value is 0.610. The molecule has 1 fully saturated rings. The Balaban J connectivity index is 2.18. The fraction of sp³-hybridized carbons (Fsp3) is 1.00. The Bertz CT molecular complexity index is 209. The van der Waals surface area contributed by atoms with E-state index in [1.807, 2.05) is 13.8 Å². The third-order valence-corrected chi connectivity index (χ3v) is 4.96. The molecule has 0 saturated carbocycles. The number of hydrogen-bond donors (Lipinski definition) is 0. The van der Waals surface area contributed by atoms with Crippen molar-refractivity contribution in [3.05, 3.63) is 0 Å². The lowest BCUT2D eigenvalue weighted by atomic mass is 10.1. The molecule has 1 heterocycles. The standard InChI is InChI=1S/C13H25IO3/c1-4-5-6-7-8-9-12-15-10-11(14)13(2,3)17-16-12/h11-12H,4-10H2,1-3H3. The van der Waals surface area contributed by atoms with Crippen LogP contribution in [0.4, 0.5) is 0 Å². The Labute approximate surface area is 119 Å². The second-order valence-corrected chi connectivity index (χ2v) is 6.72. The van der Waals surface area contributed by atoms with Crippen LogP contribution in [-0.4, -0.2) is 22.4 Å². The van der Waals surface area contributed by atoms with E-state index in [1.165, 1.54) is 25.7 Å². The van der Waals surface area contributed by atoms with Crippen LogP contribution in [-0.2, 0) is 14.5 Å². The summed E-state index contributed by atoms with van der Waals surface area (Å²) < 4.78 is 6.03. The van der Waals surface area contributed by atoms with Crippen molar-refractivity contribution < 1.29 is 14.5 Å². The first kappa shape index (κ1) is 15.7. The molecule has 0 bridgehead atoms. The Morgan fingerprint density at radius 3 is 2.59 bits per heavy atom. The summed E-state index contributed by atoms with van der Waals surface area (Å²) >= 11 is 2.36. The highest BCUT2D eigenvalue weighted by Crippen LogP contribution is 2.28. The van der Waals surface area contributed by atoms with Crippen molar-refractivity contribution >= 4 is 22.6 Å². The summed E-state index contributed by atoms with van der Waals surface area (Å²) in [5.41, 5.74) is -0.266. The second kappa shape index (κ2) is 7.92. The molecule has 102 valence electrons. The summed E-state index contributed by atoms with van der Waals surface area (Å²) in [4.78, 5) is 10.8. The second-order valence-electron chi connectivity index (χ2n) is 5.22. The van der Waals surface area contributed by atoms with Gasteiger partial charge in [0.1, 0.15) is 5.60 Å². The van der Waals surface area contributed by atoms with Crippen LogP contribution >= 0.6 is 22.6 Å². The Morgan fingerprint density at radius 1 is 1.18 bits per heavy atom. The molecule has 2 atom stereocenters. The summed E-state index contributed by atoms with van der Waals surface area (Å²) in [6, 6.07) is 0. The van der Waals surface area contributed by atoms with Crippen LogP contribution in [0.5, 0.6) is 0 Å². The molecule has 4 heteroatoms. The number of unbranched alkanes of at least 4 members (excludes halogenated alkanes) is 4. The van der Waals surface area contributed by atoms with Crippen LogP contribution < -0.4 is 0 Å². The van der Waals surface area contributed by atoms with Gasteiger partial charge >= 0.3 is 0 Å².